The van der Waals surface area contributed by atoms with Crippen LogP contribution in [0, 0.1) is 0 Å². The van der Waals surface area contributed by atoms with E-state index in [9.17, 15) is 4.79 Å². The lowest BCUT2D eigenvalue weighted by Crippen LogP contribution is -2.04. The highest BCUT2D eigenvalue weighted by molar-refractivity contribution is 5.72. The third-order valence-corrected chi connectivity index (χ3v) is 2.02. The summed E-state index contributed by atoms with van der Waals surface area (Å²) >= 11 is 0. The predicted octanol–water partition coefficient (Wildman–Crippen LogP) is 1.55. The average Bonchev–Trinajstić information content (AvgIpc) is 2.20. The zero-order valence-electron chi connectivity index (χ0n) is 8.73. The minimum absolute atomic E-state index is 0.0695. The molecular formula is C12H15NO2. The topological polar surface area (TPSA) is 49.3 Å². The van der Waals surface area contributed by atoms with E-state index in [4.69, 9.17) is 5.11 Å². The van der Waals surface area contributed by atoms with E-state index >= 15 is 0 Å². The Morgan fingerprint density at radius 2 is 2.20 bits per heavy atom. The maximum atomic E-state index is 10.6. The quantitative estimate of drug-likeness (QED) is 0.766. The van der Waals surface area contributed by atoms with Gasteiger partial charge in [-0.05, 0) is 18.2 Å². The Morgan fingerprint density at radius 1 is 1.47 bits per heavy atom. The molecule has 15 heavy (non-hydrogen) atoms. The van der Waals surface area contributed by atoms with Crippen molar-refractivity contribution >= 4 is 12.0 Å². The number of benzene rings is 1. The molecule has 0 amide bonds. The van der Waals surface area contributed by atoms with Crippen LogP contribution in [0.15, 0.2) is 30.3 Å². The van der Waals surface area contributed by atoms with Gasteiger partial charge in [0.15, 0.2) is 0 Å². The summed E-state index contributed by atoms with van der Waals surface area (Å²) in [5.41, 5.74) is 1.81. The molecule has 2 N–H and O–H groups in total. The average molecular weight is 205 g/mol. The third-order valence-electron chi connectivity index (χ3n) is 2.02. The van der Waals surface area contributed by atoms with Crippen molar-refractivity contribution in [3.63, 3.8) is 0 Å². The molecule has 0 atom stereocenters. The number of carboxylic acid groups (broad SMARTS) is 1. The highest BCUT2D eigenvalue weighted by atomic mass is 16.4. The van der Waals surface area contributed by atoms with Crippen molar-refractivity contribution in [1.82, 2.24) is 5.32 Å². The summed E-state index contributed by atoms with van der Waals surface area (Å²) in [6.07, 6.45) is 3.98. The Bertz CT molecular complexity index is 358. The molecule has 0 saturated carbocycles. The second-order valence-corrected chi connectivity index (χ2v) is 3.23. The molecule has 0 aliphatic rings. The lowest BCUT2D eigenvalue weighted by molar-refractivity contribution is -0.136. The molecule has 0 saturated heterocycles. The molecule has 1 aromatic rings. The molecule has 0 radical (unpaired) electrons. The molecule has 0 spiro atoms. The zero-order valence-corrected chi connectivity index (χ0v) is 8.73. The highest BCUT2D eigenvalue weighted by Crippen LogP contribution is 2.11. The van der Waals surface area contributed by atoms with Gasteiger partial charge in [0.2, 0.25) is 0 Å². The first-order valence-corrected chi connectivity index (χ1v) is 4.85. The van der Waals surface area contributed by atoms with E-state index in [0.29, 0.717) is 0 Å². The van der Waals surface area contributed by atoms with Crippen LogP contribution in [0.3, 0.4) is 0 Å². The minimum atomic E-state index is -0.801. The van der Waals surface area contributed by atoms with E-state index in [1.54, 1.807) is 0 Å². The van der Waals surface area contributed by atoms with Crippen LogP contribution in [-0.4, -0.2) is 24.7 Å². The lowest BCUT2D eigenvalue weighted by Gasteiger charge is -2.02. The van der Waals surface area contributed by atoms with Crippen molar-refractivity contribution in [2.45, 2.75) is 6.42 Å². The largest absolute Gasteiger partial charge is 0.481 e. The van der Waals surface area contributed by atoms with Gasteiger partial charge < -0.3 is 10.4 Å². The SMILES string of the molecule is CNCC=Cc1ccccc1CC(=O)O. The van der Waals surface area contributed by atoms with Crippen LogP contribution >= 0.6 is 0 Å². The Morgan fingerprint density at radius 3 is 2.87 bits per heavy atom. The second-order valence-electron chi connectivity index (χ2n) is 3.23. The Balaban J connectivity index is 2.81. The van der Waals surface area contributed by atoms with Gasteiger partial charge in [-0.1, -0.05) is 36.4 Å². The van der Waals surface area contributed by atoms with Crippen molar-refractivity contribution in [1.29, 1.82) is 0 Å². The van der Waals surface area contributed by atoms with Crippen LogP contribution in [0.25, 0.3) is 6.08 Å². The third kappa shape index (κ3) is 3.95. The van der Waals surface area contributed by atoms with E-state index in [1.165, 1.54) is 0 Å². The summed E-state index contributed by atoms with van der Waals surface area (Å²) in [7, 11) is 1.87. The predicted molar refractivity (Wildman–Crippen MR) is 60.7 cm³/mol. The number of carbonyl (C=O) groups is 1. The molecule has 0 aromatic heterocycles. The van der Waals surface area contributed by atoms with Crippen LogP contribution in [0.5, 0.6) is 0 Å². The van der Waals surface area contributed by atoms with Crippen LogP contribution in [0.4, 0.5) is 0 Å². The second kappa shape index (κ2) is 5.98. The van der Waals surface area contributed by atoms with Gasteiger partial charge in [0.25, 0.3) is 0 Å². The van der Waals surface area contributed by atoms with Crippen LogP contribution in [0.2, 0.25) is 0 Å². The number of likely N-dealkylation sites (N-methyl/N-ethyl adjacent to an activating group) is 1. The Kier molecular flexibility index (Phi) is 4.57. The number of carboxylic acids is 1. The van der Waals surface area contributed by atoms with E-state index in [-0.39, 0.29) is 6.42 Å². The van der Waals surface area contributed by atoms with Crippen LogP contribution in [-0.2, 0) is 11.2 Å². The number of hydrogen-bond donors (Lipinski definition) is 2. The molecule has 1 aromatic carbocycles. The number of hydrogen-bond acceptors (Lipinski definition) is 2. The highest BCUT2D eigenvalue weighted by Gasteiger charge is 2.03. The van der Waals surface area contributed by atoms with Crippen molar-refractivity contribution in [2.24, 2.45) is 0 Å². The monoisotopic (exact) mass is 205 g/mol. The first-order chi connectivity index (χ1) is 7.24. The van der Waals surface area contributed by atoms with Crippen molar-refractivity contribution in [2.75, 3.05) is 13.6 Å². The number of nitrogens with one attached hydrogen (secondary N) is 1. The summed E-state index contributed by atoms with van der Waals surface area (Å²) in [4.78, 5) is 10.6. The maximum Gasteiger partial charge on any atom is 0.307 e. The number of rotatable bonds is 5. The summed E-state index contributed by atoms with van der Waals surface area (Å²) < 4.78 is 0. The molecule has 3 nitrogen and oxygen atoms in total. The molecule has 3 heteroatoms. The first kappa shape index (κ1) is 11.5. The first-order valence-electron chi connectivity index (χ1n) is 4.85. The Labute approximate surface area is 89.4 Å². The van der Waals surface area contributed by atoms with Gasteiger partial charge in [0.05, 0.1) is 6.42 Å². The fourth-order valence-electron chi connectivity index (χ4n) is 1.32. The molecule has 80 valence electrons. The van der Waals surface area contributed by atoms with E-state index in [0.717, 1.165) is 17.7 Å². The minimum Gasteiger partial charge on any atom is -0.481 e. The van der Waals surface area contributed by atoms with E-state index < -0.39 is 5.97 Å². The summed E-state index contributed by atoms with van der Waals surface area (Å²) in [5.74, 6) is -0.801. The molecular weight excluding hydrogens is 190 g/mol. The van der Waals surface area contributed by atoms with Crippen molar-refractivity contribution in [3.8, 4) is 0 Å². The van der Waals surface area contributed by atoms with Crippen LogP contribution in [0.1, 0.15) is 11.1 Å². The van der Waals surface area contributed by atoms with Crippen molar-refractivity contribution < 1.29 is 9.90 Å². The van der Waals surface area contributed by atoms with Gasteiger partial charge in [-0.3, -0.25) is 4.79 Å². The van der Waals surface area contributed by atoms with E-state index in [2.05, 4.69) is 5.32 Å². The molecule has 0 bridgehead atoms. The smallest absolute Gasteiger partial charge is 0.307 e. The summed E-state index contributed by atoms with van der Waals surface area (Å²) in [6.45, 7) is 0.779. The van der Waals surface area contributed by atoms with Gasteiger partial charge in [-0.25, -0.2) is 0 Å². The maximum absolute atomic E-state index is 10.6. The standard InChI is InChI=1S/C12H15NO2/c1-13-8-4-7-10-5-2-3-6-11(10)9-12(14)15/h2-7,13H,8-9H2,1H3,(H,14,15). The molecule has 1 rings (SSSR count). The molecule has 0 heterocycles. The molecule has 0 aliphatic carbocycles. The summed E-state index contributed by atoms with van der Waals surface area (Å²) in [6, 6.07) is 7.52. The molecule has 0 fully saturated rings. The summed E-state index contributed by atoms with van der Waals surface area (Å²) in [5, 5.41) is 11.7. The van der Waals surface area contributed by atoms with Gasteiger partial charge in [-0.15, -0.1) is 0 Å². The molecule has 0 unspecified atom stereocenters. The lowest BCUT2D eigenvalue weighted by atomic mass is 10.0. The van der Waals surface area contributed by atoms with Gasteiger partial charge in [-0.2, -0.15) is 0 Å². The normalized spacial score (nSPS) is 10.7. The van der Waals surface area contributed by atoms with Gasteiger partial charge in [0.1, 0.15) is 0 Å². The van der Waals surface area contributed by atoms with Crippen LogP contribution < -0.4 is 5.32 Å². The zero-order chi connectivity index (χ0) is 11.1. The Hall–Kier alpha value is -1.61. The van der Waals surface area contributed by atoms with Gasteiger partial charge in [0, 0.05) is 6.54 Å². The fourth-order valence-corrected chi connectivity index (χ4v) is 1.32. The van der Waals surface area contributed by atoms with Gasteiger partial charge >= 0.3 is 5.97 Å². The molecule has 0 aliphatic heterocycles. The van der Waals surface area contributed by atoms with E-state index in [1.807, 2.05) is 43.5 Å². The fraction of sp³-hybridized carbons (Fsp3) is 0.250. The number of aliphatic carboxylic acids is 1. The van der Waals surface area contributed by atoms with Crippen molar-refractivity contribution in [3.05, 3.63) is 41.5 Å².